The van der Waals surface area contributed by atoms with E-state index in [1.54, 1.807) is 18.2 Å². The van der Waals surface area contributed by atoms with E-state index in [1.807, 2.05) is 0 Å². The van der Waals surface area contributed by atoms with Crippen LogP contribution < -0.4 is 14.8 Å². The molecule has 1 aliphatic heterocycles. The van der Waals surface area contributed by atoms with Gasteiger partial charge in [-0.2, -0.15) is 0 Å². The van der Waals surface area contributed by atoms with Gasteiger partial charge in [0.25, 0.3) is 0 Å². The largest absolute Gasteiger partial charge is 0.486 e. The maximum absolute atomic E-state index is 12.2. The lowest BCUT2D eigenvalue weighted by Gasteiger charge is -2.19. The molecule has 1 amide bonds. The Morgan fingerprint density at radius 1 is 1.29 bits per heavy atom. The number of carboxylic acid groups (broad SMARTS) is 1. The van der Waals surface area contributed by atoms with Crippen LogP contribution in [0.2, 0.25) is 0 Å². The number of benzene rings is 1. The van der Waals surface area contributed by atoms with Crippen molar-refractivity contribution in [2.75, 3.05) is 25.5 Å². The fourth-order valence-corrected chi connectivity index (χ4v) is 2.97. The monoisotopic (exact) mass is 357 g/mol. The van der Waals surface area contributed by atoms with E-state index >= 15 is 0 Å². The molecule has 1 aliphatic rings. The van der Waals surface area contributed by atoms with E-state index in [0.717, 1.165) is 6.92 Å². The van der Waals surface area contributed by atoms with Gasteiger partial charge < -0.3 is 25.0 Å². The molecule has 1 heterocycles. The fourth-order valence-electron chi connectivity index (χ4n) is 1.90. The number of fused-ring (bicyclic) bond motifs is 1. The van der Waals surface area contributed by atoms with Crippen LogP contribution in [0.25, 0.3) is 0 Å². The first-order valence-electron chi connectivity index (χ1n) is 7.30. The molecule has 0 aromatic heterocycles. The predicted octanol–water partition coefficient (Wildman–Crippen LogP) is -0.0927. The number of ether oxygens (including phenoxy) is 2. The summed E-state index contributed by atoms with van der Waals surface area (Å²) in [5, 5.41) is 20.6. The van der Waals surface area contributed by atoms with Gasteiger partial charge in [-0.25, -0.2) is 4.79 Å². The van der Waals surface area contributed by atoms with Gasteiger partial charge in [0.05, 0.1) is 17.3 Å². The number of aliphatic hydroxyl groups is 1. The first-order valence-corrected chi connectivity index (χ1v) is 8.62. The second-order valence-electron chi connectivity index (χ2n) is 5.46. The van der Waals surface area contributed by atoms with E-state index in [0.29, 0.717) is 29.6 Å². The third-order valence-corrected chi connectivity index (χ3v) is 4.74. The van der Waals surface area contributed by atoms with Crippen LogP contribution >= 0.6 is 0 Å². The average Bonchev–Trinajstić information content (AvgIpc) is 2.57. The maximum atomic E-state index is 12.2. The Hall–Kier alpha value is -2.13. The molecule has 1 aromatic rings. The molecule has 24 heavy (non-hydrogen) atoms. The third kappa shape index (κ3) is 4.68. The molecule has 0 radical (unpaired) electrons. The van der Waals surface area contributed by atoms with Crippen LogP contribution in [0.15, 0.2) is 23.1 Å². The Morgan fingerprint density at radius 3 is 2.62 bits per heavy atom. The Bertz CT molecular complexity index is 659. The Morgan fingerprint density at radius 2 is 1.96 bits per heavy atom. The number of carbonyl (C=O) groups excluding carboxylic acids is 1. The van der Waals surface area contributed by atoms with Crippen LogP contribution in [0.5, 0.6) is 11.5 Å². The predicted molar refractivity (Wildman–Crippen MR) is 84.6 cm³/mol. The van der Waals surface area contributed by atoms with Gasteiger partial charge in [0.1, 0.15) is 13.2 Å². The smallest absolute Gasteiger partial charge is 0.337 e. The topological polar surface area (TPSA) is 122 Å². The lowest BCUT2D eigenvalue weighted by atomic mass is 10.1. The van der Waals surface area contributed by atoms with E-state index in [2.05, 4.69) is 5.32 Å². The van der Waals surface area contributed by atoms with Gasteiger partial charge in [0, 0.05) is 23.1 Å². The molecule has 0 fully saturated rings. The second-order valence-corrected chi connectivity index (χ2v) is 7.03. The molecule has 2 atom stereocenters. The molecule has 8 nitrogen and oxygen atoms in total. The van der Waals surface area contributed by atoms with E-state index < -0.39 is 34.8 Å². The highest BCUT2D eigenvalue weighted by molar-refractivity contribution is 7.85. The van der Waals surface area contributed by atoms with E-state index in [9.17, 15) is 18.9 Å². The molecular weight excluding hydrogens is 338 g/mol. The van der Waals surface area contributed by atoms with Crippen LogP contribution in [0.3, 0.4) is 0 Å². The number of nitrogens with one attached hydrogen (secondary N) is 1. The Balaban J connectivity index is 1.84. The van der Waals surface area contributed by atoms with E-state index in [-0.39, 0.29) is 12.2 Å². The fraction of sp³-hybridized carbons (Fsp3) is 0.467. The number of hydrogen-bond donors (Lipinski definition) is 3. The highest BCUT2D eigenvalue weighted by Crippen LogP contribution is 2.31. The molecule has 132 valence electrons. The van der Waals surface area contributed by atoms with Crippen molar-refractivity contribution in [2.24, 2.45) is 0 Å². The quantitative estimate of drug-likeness (QED) is 0.623. The van der Waals surface area contributed by atoms with Gasteiger partial charge in [-0.15, -0.1) is 0 Å². The lowest BCUT2D eigenvalue weighted by molar-refractivity contribution is -0.156. The number of rotatable bonds is 7. The molecule has 9 heteroatoms. The van der Waals surface area contributed by atoms with Gasteiger partial charge >= 0.3 is 5.97 Å². The molecule has 2 unspecified atom stereocenters. The standard InChI is InChI=1S/C15H19NO7S/c1-15(20,14(18)19)9-16-13(17)4-7-24(21)10-2-3-11-12(8-10)23-6-5-22-11/h2-3,8,20H,4-7,9H2,1H3,(H,16,17)(H,18,19). The summed E-state index contributed by atoms with van der Waals surface area (Å²) in [7, 11) is -1.41. The van der Waals surface area contributed by atoms with Crippen LogP contribution in [-0.4, -0.2) is 57.4 Å². The minimum absolute atomic E-state index is 0.0588. The molecule has 0 bridgehead atoms. The number of hydrogen-bond acceptors (Lipinski definition) is 6. The Kier molecular flexibility index (Phi) is 5.79. The maximum Gasteiger partial charge on any atom is 0.337 e. The van der Waals surface area contributed by atoms with Crippen molar-refractivity contribution in [3.63, 3.8) is 0 Å². The van der Waals surface area contributed by atoms with Crippen molar-refractivity contribution in [3.8, 4) is 11.5 Å². The third-order valence-electron chi connectivity index (χ3n) is 3.38. The molecule has 2 rings (SSSR count). The van der Waals surface area contributed by atoms with Crippen molar-refractivity contribution in [3.05, 3.63) is 18.2 Å². The first kappa shape index (κ1) is 18.2. The Labute approximate surface area is 141 Å². The van der Waals surface area contributed by atoms with Crippen LogP contribution in [0.4, 0.5) is 0 Å². The summed E-state index contributed by atoms with van der Waals surface area (Å²) in [6.45, 7) is 1.56. The van der Waals surface area contributed by atoms with Gasteiger partial charge in [0.15, 0.2) is 17.1 Å². The first-order chi connectivity index (χ1) is 11.3. The minimum Gasteiger partial charge on any atom is -0.486 e. The zero-order valence-electron chi connectivity index (χ0n) is 13.1. The van der Waals surface area contributed by atoms with Crippen molar-refractivity contribution in [1.82, 2.24) is 5.32 Å². The van der Waals surface area contributed by atoms with Gasteiger partial charge in [0.2, 0.25) is 5.91 Å². The van der Waals surface area contributed by atoms with Crippen LogP contribution in [0.1, 0.15) is 13.3 Å². The number of carboxylic acids is 1. The summed E-state index contributed by atoms with van der Waals surface area (Å²) in [5.74, 6) is -0.726. The highest BCUT2D eigenvalue weighted by atomic mass is 32.2. The highest BCUT2D eigenvalue weighted by Gasteiger charge is 2.30. The van der Waals surface area contributed by atoms with Gasteiger partial charge in [-0.3, -0.25) is 9.00 Å². The molecule has 1 aromatic carbocycles. The number of aliphatic carboxylic acids is 1. The summed E-state index contributed by atoms with van der Waals surface area (Å²) >= 11 is 0. The molecule has 3 N–H and O–H groups in total. The van der Waals surface area contributed by atoms with Crippen LogP contribution in [0, 0.1) is 0 Å². The van der Waals surface area contributed by atoms with E-state index in [1.165, 1.54) is 0 Å². The van der Waals surface area contributed by atoms with Gasteiger partial charge in [-0.05, 0) is 19.1 Å². The molecule has 0 saturated carbocycles. The van der Waals surface area contributed by atoms with Gasteiger partial charge in [-0.1, -0.05) is 0 Å². The van der Waals surface area contributed by atoms with Crippen molar-refractivity contribution >= 4 is 22.7 Å². The summed E-state index contributed by atoms with van der Waals surface area (Å²) in [6, 6.07) is 4.94. The zero-order valence-corrected chi connectivity index (χ0v) is 13.9. The van der Waals surface area contributed by atoms with E-state index in [4.69, 9.17) is 14.6 Å². The number of amides is 1. The minimum atomic E-state index is -2.04. The summed E-state index contributed by atoms with van der Waals surface area (Å²) in [6.07, 6.45) is -0.0588. The summed E-state index contributed by atoms with van der Waals surface area (Å²) in [5.41, 5.74) is -2.04. The SMILES string of the molecule is CC(O)(CNC(=O)CCS(=O)c1ccc2c(c1)OCCO2)C(=O)O. The van der Waals surface area contributed by atoms with Crippen molar-refractivity contribution in [1.29, 1.82) is 0 Å². The van der Waals surface area contributed by atoms with Crippen LogP contribution in [-0.2, 0) is 20.4 Å². The number of carbonyl (C=O) groups is 2. The average molecular weight is 357 g/mol. The normalized spacial score (nSPS) is 16.8. The molecular formula is C15H19NO7S. The second kappa shape index (κ2) is 7.63. The summed E-state index contributed by atoms with van der Waals surface area (Å²) in [4.78, 5) is 22.9. The van der Waals surface area contributed by atoms with Crippen molar-refractivity contribution < 1.29 is 33.5 Å². The molecule has 0 spiro atoms. The van der Waals surface area contributed by atoms with Crippen molar-refractivity contribution in [2.45, 2.75) is 23.8 Å². The summed E-state index contributed by atoms with van der Waals surface area (Å²) < 4.78 is 23.0. The lowest BCUT2D eigenvalue weighted by Crippen LogP contribution is -2.46. The zero-order chi connectivity index (χ0) is 17.7. The molecule has 0 aliphatic carbocycles. The molecule has 0 saturated heterocycles.